The molecule has 0 fully saturated rings. The lowest BCUT2D eigenvalue weighted by molar-refractivity contribution is -0.0168. The first kappa shape index (κ1) is 16.4. The number of rotatable bonds is 4. The second kappa shape index (κ2) is 7.03. The van der Waals surface area contributed by atoms with Crippen molar-refractivity contribution in [1.29, 1.82) is 0 Å². The fraction of sp³-hybridized carbons (Fsp3) is 0.176. The van der Waals surface area contributed by atoms with Crippen molar-refractivity contribution >= 4 is 23.4 Å². The van der Waals surface area contributed by atoms with Crippen molar-refractivity contribution in [2.45, 2.75) is 17.5 Å². The number of hydrogen-bond donors (Lipinski definition) is 1. The smallest absolute Gasteiger partial charge is 0.209 e. The van der Waals surface area contributed by atoms with Crippen LogP contribution in [0.2, 0.25) is 5.02 Å². The van der Waals surface area contributed by atoms with Gasteiger partial charge in [0, 0.05) is 21.9 Å². The summed E-state index contributed by atoms with van der Waals surface area (Å²) < 4.78 is 24.7. The number of benzene rings is 2. The minimum absolute atomic E-state index is 0.227. The number of fused-ring (bicyclic) bond motifs is 1. The molecule has 0 amide bonds. The lowest BCUT2D eigenvalue weighted by atomic mass is 10.1. The number of aromatic amines is 1. The third-order valence-electron chi connectivity index (χ3n) is 3.70. The Morgan fingerprint density at radius 2 is 2.16 bits per heavy atom. The van der Waals surface area contributed by atoms with Gasteiger partial charge in [0.1, 0.15) is 11.6 Å². The maximum absolute atomic E-state index is 13.8. The van der Waals surface area contributed by atoms with E-state index in [-0.39, 0.29) is 12.6 Å². The molecule has 0 unspecified atom stereocenters. The molecule has 0 aliphatic carbocycles. The number of halogens is 2. The number of H-pyrrole nitrogens is 1. The van der Waals surface area contributed by atoms with Gasteiger partial charge in [-0.2, -0.15) is 0 Å². The van der Waals surface area contributed by atoms with Crippen molar-refractivity contribution in [1.82, 2.24) is 15.2 Å². The summed E-state index contributed by atoms with van der Waals surface area (Å²) in [5.74, 6) is 1.44. The summed E-state index contributed by atoms with van der Waals surface area (Å²) in [6, 6.07) is 10.1. The van der Waals surface area contributed by atoms with E-state index in [0.717, 1.165) is 16.9 Å². The Kier molecular flexibility index (Phi) is 4.61. The summed E-state index contributed by atoms with van der Waals surface area (Å²) in [6.45, 7) is 0.704. The van der Waals surface area contributed by atoms with Crippen LogP contribution >= 0.6 is 23.4 Å². The molecule has 1 aromatic heterocycles. The van der Waals surface area contributed by atoms with Crippen LogP contribution in [0.4, 0.5) is 4.39 Å². The summed E-state index contributed by atoms with van der Waals surface area (Å²) in [6.07, 6.45) is 0. The fourth-order valence-corrected chi connectivity index (χ4v) is 3.62. The number of hydrogen-bond acceptors (Lipinski definition) is 5. The number of ether oxygens (including phenoxy) is 2. The van der Waals surface area contributed by atoms with Gasteiger partial charge in [-0.05, 0) is 24.3 Å². The normalized spacial score (nSPS) is 13.4. The van der Waals surface area contributed by atoms with Crippen LogP contribution in [0.1, 0.15) is 11.1 Å². The zero-order valence-electron chi connectivity index (χ0n) is 13.0. The SMILES string of the molecule is Fc1ccccc1-c1nc(SCc2cc(Cl)cc3c2OCOC3)n[nH]1. The van der Waals surface area contributed by atoms with Crippen molar-refractivity contribution in [3.63, 3.8) is 0 Å². The number of nitrogens with one attached hydrogen (secondary N) is 1. The lowest BCUT2D eigenvalue weighted by Gasteiger charge is -2.20. The summed E-state index contributed by atoms with van der Waals surface area (Å²) in [4.78, 5) is 4.35. The lowest BCUT2D eigenvalue weighted by Crippen LogP contribution is -2.12. The monoisotopic (exact) mass is 377 g/mol. The highest BCUT2D eigenvalue weighted by molar-refractivity contribution is 7.98. The largest absolute Gasteiger partial charge is 0.467 e. The van der Waals surface area contributed by atoms with Crippen molar-refractivity contribution in [3.8, 4) is 17.1 Å². The molecule has 0 bridgehead atoms. The second-order valence-corrected chi connectivity index (χ2v) is 6.78. The second-order valence-electron chi connectivity index (χ2n) is 5.40. The van der Waals surface area contributed by atoms with Gasteiger partial charge in [-0.1, -0.05) is 35.5 Å². The molecule has 8 heteroatoms. The van der Waals surface area contributed by atoms with Gasteiger partial charge < -0.3 is 9.47 Å². The highest BCUT2D eigenvalue weighted by atomic mass is 35.5. The van der Waals surface area contributed by atoms with E-state index in [1.165, 1.54) is 17.8 Å². The average molecular weight is 378 g/mol. The first-order valence-corrected chi connectivity index (χ1v) is 8.89. The van der Waals surface area contributed by atoms with Crippen molar-refractivity contribution in [2.75, 3.05) is 6.79 Å². The van der Waals surface area contributed by atoms with Crippen LogP contribution in [0.5, 0.6) is 5.75 Å². The van der Waals surface area contributed by atoms with E-state index in [9.17, 15) is 4.39 Å². The Balaban J connectivity index is 1.53. The van der Waals surface area contributed by atoms with Gasteiger partial charge in [-0.3, -0.25) is 5.10 Å². The van der Waals surface area contributed by atoms with Crippen molar-refractivity contribution in [2.24, 2.45) is 0 Å². The Labute approximate surface area is 152 Å². The summed E-state index contributed by atoms with van der Waals surface area (Å²) >= 11 is 7.59. The van der Waals surface area contributed by atoms with Crippen LogP contribution in [0.3, 0.4) is 0 Å². The van der Waals surface area contributed by atoms with E-state index >= 15 is 0 Å². The maximum Gasteiger partial charge on any atom is 0.209 e. The first-order chi connectivity index (χ1) is 12.2. The molecule has 1 N–H and O–H groups in total. The molecule has 0 atom stereocenters. The van der Waals surface area contributed by atoms with Crippen molar-refractivity contribution < 1.29 is 13.9 Å². The standard InChI is InChI=1S/C17H13ClFN3O2S/c18-12-5-10-7-23-9-24-15(10)11(6-12)8-25-17-20-16(21-22-17)13-3-1-2-4-14(13)19/h1-6H,7-9H2,(H,20,21,22). The van der Waals surface area contributed by atoms with Crippen LogP contribution < -0.4 is 4.74 Å². The molecule has 1 aliphatic rings. The van der Waals surface area contributed by atoms with Crippen LogP contribution in [-0.2, 0) is 17.1 Å². The van der Waals surface area contributed by atoms with E-state index in [2.05, 4.69) is 15.2 Å². The van der Waals surface area contributed by atoms with E-state index < -0.39 is 0 Å². The molecule has 3 aromatic rings. The zero-order valence-corrected chi connectivity index (χ0v) is 14.5. The number of aromatic nitrogens is 3. The average Bonchev–Trinajstić information content (AvgIpc) is 3.08. The van der Waals surface area contributed by atoms with E-state index in [0.29, 0.717) is 33.9 Å². The van der Waals surface area contributed by atoms with E-state index in [1.54, 1.807) is 18.2 Å². The van der Waals surface area contributed by atoms with Crippen LogP contribution in [0, 0.1) is 5.82 Å². The quantitative estimate of drug-likeness (QED) is 0.682. The van der Waals surface area contributed by atoms with E-state index in [4.69, 9.17) is 21.1 Å². The van der Waals surface area contributed by atoms with Crippen LogP contribution in [-0.4, -0.2) is 22.0 Å². The number of thioether (sulfide) groups is 1. The molecule has 128 valence electrons. The Morgan fingerprint density at radius 1 is 1.28 bits per heavy atom. The molecule has 5 nitrogen and oxygen atoms in total. The van der Waals surface area contributed by atoms with Gasteiger partial charge in [-0.25, -0.2) is 9.37 Å². The molecular formula is C17H13ClFN3O2S. The van der Waals surface area contributed by atoms with Crippen LogP contribution in [0.15, 0.2) is 41.6 Å². The molecule has 0 saturated carbocycles. The molecule has 1 aliphatic heterocycles. The Morgan fingerprint density at radius 3 is 3.04 bits per heavy atom. The number of nitrogens with zero attached hydrogens (tertiary/aromatic N) is 2. The van der Waals surface area contributed by atoms with E-state index in [1.807, 2.05) is 12.1 Å². The molecule has 4 rings (SSSR count). The Bertz CT molecular complexity index is 919. The maximum atomic E-state index is 13.8. The summed E-state index contributed by atoms with van der Waals surface area (Å²) in [7, 11) is 0. The zero-order chi connectivity index (χ0) is 17.2. The molecule has 0 spiro atoms. The van der Waals surface area contributed by atoms with Gasteiger partial charge >= 0.3 is 0 Å². The van der Waals surface area contributed by atoms with Gasteiger partial charge in [-0.15, -0.1) is 5.10 Å². The van der Waals surface area contributed by atoms with Crippen LogP contribution in [0.25, 0.3) is 11.4 Å². The summed E-state index contributed by atoms with van der Waals surface area (Å²) in [5.41, 5.74) is 2.27. The highest BCUT2D eigenvalue weighted by Gasteiger charge is 2.17. The van der Waals surface area contributed by atoms with Gasteiger partial charge in [0.2, 0.25) is 5.16 Å². The molecule has 2 aromatic carbocycles. The molecule has 0 saturated heterocycles. The predicted molar refractivity (Wildman–Crippen MR) is 93.1 cm³/mol. The fourth-order valence-electron chi connectivity index (χ4n) is 2.59. The minimum atomic E-state index is -0.340. The molecular weight excluding hydrogens is 365 g/mol. The third-order valence-corrected chi connectivity index (χ3v) is 4.82. The highest BCUT2D eigenvalue weighted by Crippen LogP contribution is 2.35. The molecule has 25 heavy (non-hydrogen) atoms. The molecule has 2 heterocycles. The predicted octanol–water partition coefficient (Wildman–Crippen LogP) is 4.42. The minimum Gasteiger partial charge on any atom is -0.467 e. The molecule has 0 radical (unpaired) electrons. The summed E-state index contributed by atoms with van der Waals surface area (Å²) in [5, 5.41) is 8.08. The third kappa shape index (κ3) is 3.49. The van der Waals surface area contributed by atoms with Gasteiger partial charge in [0.15, 0.2) is 12.6 Å². The topological polar surface area (TPSA) is 60.0 Å². The van der Waals surface area contributed by atoms with Gasteiger partial charge in [0.25, 0.3) is 0 Å². The Hall–Kier alpha value is -2.09. The van der Waals surface area contributed by atoms with Gasteiger partial charge in [0.05, 0.1) is 12.2 Å². The van der Waals surface area contributed by atoms with Crippen molar-refractivity contribution in [3.05, 3.63) is 58.4 Å². The first-order valence-electron chi connectivity index (χ1n) is 7.52.